The van der Waals surface area contributed by atoms with E-state index in [9.17, 15) is 18.4 Å². The highest BCUT2D eigenvalue weighted by molar-refractivity contribution is 7.14. The SMILES string of the molecule is Cc1cccc(NC(=O)Nc2nc(CC(=O)NCc3c(F)cccc3F)cs2)c1. The Labute approximate surface area is 170 Å². The molecule has 3 amide bonds. The van der Waals surface area contributed by atoms with Crippen LogP contribution in [0.1, 0.15) is 16.8 Å². The summed E-state index contributed by atoms with van der Waals surface area (Å²) in [6.45, 7) is 1.66. The summed E-state index contributed by atoms with van der Waals surface area (Å²) in [7, 11) is 0. The van der Waals surface area contributed by atoms with Gasteiger partial charge in [-0.05, 0) is 36.8 Å². The molecule has 3 rings (SSSR count). The van der Waals surface area contributed by atoms with Crippen LogP contribution in [-0.2, 0) is 17.8 Å². The molecule has 3 N–H and O–H groups in total. The first-order chi connectivity index (χ1) is 13.9. The molecule has 0 fully saturated rings. The third-order valence-electron chi connectivity index (χ3n) is 3.91. The maximum Gasteiger partial charge on any atom is 0.325 e. The Morgan fingerprint density at radius 1 is 1.07 bits per heavy atom. The molecule has 29 heavy (non-hydrogen) atoms. The van der Waals surface area contributed by atoms with Gasteiger partial charge in [0.15, 0.2) is 5.13 Å². The van der Waals surface area contributed by atoms with Crippen LogP contribution < -0.4 is 16.0 Å². The zero-order chi connectivity index (χ0) is 20.8. The summed E-state index contributed by atoms with van der Waals surface area (Å²) in [5.41, 5.74) is 1.90. The molecule has 0 aliphatic heterocycles. The van der Waals surface area contributed by atoms with Crippen LogP contribution in [0.5, 0.6) is 0 Å². The molecule has 1 heterocycles. The Hall–Kier alpha value is -3.33. The fourth-order valence-corrected chi connectivity index (χ4v) is 3.25. The molecule has 2 aromatic carbocycles. The van der Waals surface area contributed by atoms with Crippen LogP contribution in [0.25, 0.3) is 0 Å². The molecule has 0 atom stereocenters. The van der Waals surface area contributed by atoms with Gasteiger partial charge in [0.1, 0.15) is 11.6 Å². The number of hydrogen-bond acceptors (Lipinski definition) is 4. The number of benzene rings is 2. The van der Waals surface area contributed by atoms with Crippen molar-refractivity contribution in [3.63, 3.8) is 0 Å². The molecule has 3 aromatic rings. The quantitative estimate of drug-likeness (QED) is 0.562. The highest BCUT2D eigenvalue weighted by atomic mass is 32.1. The number of aromatic nitrogens is 1. The minimum Gasteiger partial charge on any atom is -0.351 e. The average Bonchev–Trinajstić information content (AvgIpc) is 3.07. The summed E-state index contributed by atoms with van der Waals surface area (Å²) in [6, 6.07) is 10.4. The lowest BCUT2D eigenvalue weighted by Gasteiger charge is -2.07. The van der Waals surface area contributed by atoms with Gasteiger partial charge in [-0.2, -0.15) is 0 Å². The number of carbonyl (C=O) groups is 2. The van der Waals surface area contributed by atoms with Gasteiger partial charge in [-0.3, -0.25) is 10.1 Å². The second-order valence-corrected chi connectivity index (χ2v) is 7.10. The van der Waals surface area contributed by atoms with Crippen molar-refractivity contribution in [3.8, 4) is 0 Å². The number of nitrogens with zero attached hydrogens (tertiary/aromatic N) is 1. The molecule has 6 nitrogen and oxygen atoms in total. The van der Waals surface area contributed by atoms with E-state index in [0.717, 1.165) is 17.7 Å². The zero-order valence-corrected chi connectivity index (χ0v) is 16.3. The van der Waals surface area contributed by atoms with Crippen molar-refractivity contribution in [2.75, 3.05) is 10.6 Å². The van der Waals surface area contributed by atoms with Gasteiger partial charge in [-0.15, -0.1) is 11.3 Å². The van der Waals surface area contributed by atoms with Crippen molar-refractivity contribution >= 4 is 34.1 Å². The molecular formula is C20H18F2N4O2S. The number of anilines is 2. The topological polar surface area (TPSA) is 83.1 Å². The minimum atomic E-state index is -0.718. The highest BCUT2D eigenvalue weighted by Crippen LogP contribution is 2.17. The van der Waals surface area contributed by atoms with Crippen molar-refractivity contribution in [2.45, 2.75) is 19.9 Å². The van der Waals surface area contributed by atoms with Crippen LogP contribution in [0.15, 0.2) is 47.8 Å². The van der Waals surface area contributed by atoms with E-state index in [1.165, 1.54) is 17.4 Å². The Morgan fingerprint density at radius 2 is 1.79 bits per heavy atom. The van der Waals surface area contributed by atoms with Crippen molar-refractivity contribution in [3.05, 3.63) is 76.3 Å². The lowest BCUT2D eigenvalue weighted by Crippen LogP contribution is -2.25. The molecule has 0 spiro atoms. The van der Waals surface area contributed by atoms with E-state index in [0.29, 0.717) is 16.5 Å². The maximum absolute atomic E-state index is 13.6. The van der Waals surface area contributed by atoms with Gasteiger partial charge < -0.3 is 10.6 Å². The van der Waals surface area contributed by atoms with Crippen LogP contribution >= 0.6 is 11.3 Å². The Kier molecular flexibility index (Phi) is 6.50. The van der Waals surface area contributed by atoms with Gasteiger partial charge in [0.2, 0.25) is 5.91 Å². The first-order valence-corrected chi connectivity index (χ1v) is 9.57. The van der Waals surface area contributed by atoms with E-state index in [4.69, 9.17) is 0 Å². The van der Waals surface area contributed by atoms with Crippen LogP contribution in [0, 0.1) is 18.6 Å². The summed E-state index contributed by atoms with van der Waals surface area (Å²) < 4.78 is 27.2. The summed E-state index contributed by atoms with van der Waals surface area (Å²) >= 11 is 1.17. The molecule has 0 radical (unpaired) electrons. The zero-order valence-electron chi connectivity index (χ0n) is 15.5. The molecular weight excluding hydrogens is 398 g/mol. The molecule has 0 bridgehead atoms. The normalized spacial score (nSPS) is 10.4. The predicted octanol–water partition coefficient (Wildman–Crippen LogP) is 4.23. The number of halogens is 2. The van der Waals surface area contributed by atoms with Gasteiger partial charge in [0, 0.05) is 23.2 Å². The minimum absolute atomic E-state index is 0.0756. The Bertz CT molecular complexity index is 1020. The summed E-state index contributed by atoms with van der Waals surface area (Å²) in [4.78, 5) is 28.2. The van der Waals surface area contributed by atoms with E-state index < -0.39 is 23.6 Å². The van der Waals surface area contributed by atoms with E-state index in [1.54, 1.807) is 11.4 Å². The van der Waals surface area contributed by atoms with E-state index >= 15 is 0 Å². The van der Waals surface area contributed by atoms with Gasteiger partial charge in [0.25, 0.3) is 0 Å². The average molecular weight is 416 g/mol. The molecule has 0 aliphatic rings. The van der Waals surface area contributed by atoms with Crippen molar-refractivity contribution < 1.29 is 18.4 Å². The van der Waals surface area contributed by atoms with Crippen molar-refractivity contribution in [2.24, 2.45) is 0 Å². The lowest BCUT2D eigenvalue weighted by molar-refractivity contribution is -0.120. The van der Waals surface area contributed by atoms with Gasteiger partial charge >= 0.3 is 6.03 Å². The molecule has 1 aromatic heterocycles. The first-order valence-electron chi connectivity index (χ1n) is 8.69. The number of thiazole rings is 1. The van der Waals surface area contributed by atoms with E-state index in [1.807, 2.05) is 25.1 Å². The second-order valence-electron chi connectivity index (χ2n) is 6.25. The fraction of sp³-hybridized carbons (Fsp3) is 0.150. The lowest BCUT2D eigenvalue weighted by atomic mass is 10.2. The predicted molar refractivity (Wildman–Crippen MR) is 108 cm³/mol. The molecule has 9 heteroatoms. The van der Waals surface area contributed by atoms with Gasteiger partial charge in [-0.25, -0.2) is 18.6 Å². The summed E-state index contributed by atoms with van der Waals surface area (Å²) in [5, 5.41) is 9.72. The fourth-order valence-electron chi connectivity index (χ4n) is 2.54. The molecule has 150 valence electrons. The third kappa shape index (κ3) is 5.82. The van der Waals surface area contributed by atoms with Crippen LogP contribution in [-0.4, -0.2) is 16.9 Å². The summed E-state index contributed by atoms with van der Waals surface area (Å²) in [5.74, 6) is -1.87. The molecule has 0 saturated heterocycles. The number of hydrogen-bond donors (Lipinski definition) is 3. The molecule has 0 aliphatic carbocycles. The van der Waals surface area contributed by atoms with Crippen LogP contribution in [0.4, 0.5) is 24.4 Å². The number of urea groups is 1. The van der Waals surface area contributed by atoms with Gasteiger partial charge in [-0.1, -0.05) is 18.2 Å². The Morgan fingerprint density at radius 3 is 2.52 bits per heavy atom. The van der Waals surface area contributed by atoms with Crippen LogP contribution in [0.3, 0.4) is 0 Å². The number of amides is 3. The Balaban J connectivity index is 1.50. The smallest absolute Gasteiger partial charge is 0.325 e. The van der Waals surface area contributed by atoms with Crippen molar-refractivity contribution in [1.29, 1.82) is 0 Å². The third-order valence-corrected chi connectivity index (χ3v) is 4.72. The highest BCUT2D eigenvalue weighted by Gasteiger charge is 2.13. The summed E-state index contributed by atoms with van der Waals surface area (Å²) in [6.07, 6.45) is -0.0756. The second kappa shape index (κ2) is 9.24. The van der Waals surface area contributed by atoms with E-state index in [2.05, 4.69) is 20.9 Å². The number of carbonyl (C=O) groups excluding carboxylic acids is 2. The molecule has 0 unspecified atom stereocenters. The van der Waals surface area contributed by atoms with E-state index in [-0.39, 0.29) is 18.5 Å². The maximum atomic E-state index is 13.6. The van der Waals surface area contributed by atoms with Crippen LogP contribution in [0.2, 0.25) is 0 Å². The number of rotatable bonds is 6. The standard InChI is InChI=1S/C20H18F2N4O2S/c1-12-4-2-5-13(8-12)24-19(28)26-20-25-14(11-29-20)9-18(27)23-10-15-16(21)6-3-7-17(15)22/h2-8,11H,9-10H2,1H3,(H,23,27)(H2,24,25,26,28). The monoisotopic (exact) mass is 416 g/mol. The number of nitrogens with one attached hydrogen (secondary N) is 3. The van der Waals surface area contributed by atoms with Crippen molar-refractivity contribution in [1.82, 2.24) is 10.3 Å². The molecule has 0 saturated carbocycles. The number of aryl methyl sites for hydroxylation is 1. The van der Waals surface area contributed by atoms with Gasteiger partial charge in [0.05, 0.1) is 12.1 Å². The first kappa shape index (κ1) is 20.4. The largest absolute Gasteiger partial charge is 0.351 e.